The average Bonchev–Trinajstić information content (AvgIpc) is 2.37. The van der Waals surface area contributed by atoms with Crippen LogP contribution in [0.25, 0.3) is 0 Å². The number of carbonyl (C=O) groups is 1. The third-order valence-corrected chi connectivity index (χ3v) is 3.17. The molecule has 18 heavy (non-hydrogen) atoms. The summed E-state index contributed by atoms with van der Waals surface area (Å²) in [6.45, 7) is 1.03. The topological polar surface area (TPSA) is 40.5 Å². The molecule has 1 aliphatic heterocycles. The maximum absolute atomic E-state index is 13.0. The van der Waals surface area contributed by atoms with E-state index in [9.17, 15) is 13.6 Å². The molecule has 0 bridgehead atoms. The van der Waals surface area contributed by atoms with E-state index in [1.54, 1.807) is 4.90 Å². The number of aliphatic hydroxyl groups is 1. The highest BCUT2D eigenvalue weighted by molar-refractivity contribution is 5.94. The summed E-state index contributed by atoms with van der Waals surface area (Å²) in [6.07, 6.45) is 1.67. The number of hydrogen-bond donors (Lipinski definition) is 1. The number of aliphatic hydroxyl groups excluding tert-OH is 1. The summed E-state index contributed by atoms with van der Waals surface area (Å²) in [5.41, 5.74) is 0.0195. The lowest BCUT2D eigenvalue weighted by Gasteiger charge is -2.31. The molecule has 1 fully saturated rings. The van der Waals surface area contributed by atoms with Gasteiger partial charge in [0.1, 0.15) is 11.6 Å². The predicted molar refractivity (Wildman–Crippen MR) is 62.1 cm³/mol. The van der Waals surface area contributed by atoms with Crippen LogP contribution in [-0.2, 0) is 0 Å². The van der Waals surface area contributed by atoms with Crippen LogP contribution >= 0.6 is 0 Å². The van der Waals surface area contributed by atoms with Crippen molar-refractivity contribution in [2.24, 2.45) is 5.92 Å². The Bertz CT molecular complexity index is 430. The minimum atomic E-state index is -0.755. The van der Waals surface area contributed by atoms with Crippen LogP contribution in [0.15, 0.2) is 18.2 Å². The van der Waals surface area contributed by atoms with Crippen molar-refractivity contribution in [2.75, 3.05) is 19.7 Å². The summed E-state index contributed by atoms with van der Waals surface area (Å²) in [5, 5.41) is 9.09. The van der Waals surface area contributed by atoms with E-state index in [1.807, 2.05) is 0 Å². The van der Waals surface area contributed by atoms with Gasteiger partial charge in [-0.05, 0) is 30.9 Å². The van der Waals surface area contributed by atoms with Gasteiger partial charge in [-0.15, -0.1) is 0 Å². The Labute approximate surface area is 104 Å². The number of amides is 1. The van der Waals surface area contributed by atoms with Gasteiger partial charge < -0.3 is 10.0 Å². The number of piperidine rings is 1. The molecule has 0 aliphatic carbocycles. The van der Waals surface area contributed by atoms with Gasteiger partial charge in [-0.3, -0.25) is 4.79 Å². The molecule has 1 aromatic rings. The van der Waals surface area contributed by atoms with E-state index < -0.39 is 11.6 Å². The quantitative estimate of drug-likeness (QED) is 0.875. The van der Waals surface area contributed by atoms with Crippen LogP contribution in [0.4, 0.5) is 8.78 Å². The van der Waals surface area contributed by atoms with Gasteiger partial charge >= 0.3 is 0 Å². The van der Waals surface area contributed by atoms with Crippen LogP contribution in [0.1, 0.15) is 23.2 Å². The smallest absolute Gasteiger partial charge is 0.254 e. The van der Waals surface area contributed by atoms with Gasteiger partial charge in [0.2, 0.25) is 0 Å². The fraction of sp³-hybridized carbons (Fsp3) is 0.462. The molecule has 5 heteroatoms. The molecule has 1 atom stereocenters. The van der Waals surface area contributed by atoms with Crippen molar-refractivity contribution in [2.45, 2.75) is 12.8 Å². The van der Waals surface area contributed by atoms with Crippen LogP contribution in [0, 0.1) is 17.6 Å². The molecule has 1 aromatic carbocycles. The third kappa shape index (κ3) is 2.85. The Morgan fingerprint density at radius 1 is 1.33 bits per heavy atom. The molecule has 1 heterocycles. The first-order valence-corrected chi connectivity index (χ1v) is 5.96. The van der Waals surface area contributed by atoms with Crippen molar-refractivity contribution in [3.8, 4) is 0 Å². The molecule has 1 aliphatic rings. The summed E-state index contributed by atoms with van der Waals surface area (Å²) in [5.74, 6) is -1.84. The summed E-state index contributed by atoms with van der Waals surface area (Å²) in [6, 6.07) is 2.81. The average molecular weight is 255 g/mol. The predicted octanol–water partition coefficient (Wildman–Crippen LogP) is 1.81. The van der Waals surface area contributed by atoms with E-state index in [0.717, 1.165) is 31.0 Å². The number of rotatable bonds is 2. The van der Waals surface area contributed by atoms with Gasteiger partial charge in [0, 0.05) is 31.3 Å². The molecule has 2 rings (SSSR count). The first kappa shape index (κ1) is 13.0. The third-order valence-electron chi connectivity index (χ3n) is 3.17. The highest BCUT2D eigenvalue weighted by Gasteiger charge is 2.24. The molecule has 1 N–H and O–H groups in total. The normalized spacial score (nSPS) is 19.9. The Hall–Kier alpha value is -1.49. The van der Waals surface area contributed by atoms with Gasteiger partial charge in [-0.1, -0.05) is 0 Å². The number of hydrogen-bond acceptors (Lipinski definition) is 2. The van der Waals surface area contributed by atoms with Crippen LogP contribution in [0.2, 0.25) is 0 Å². The van der Waals surface area contributed by atoms with Gasteiger partial charge in [0.25, 0.3) is 5.91 Å². The second-order valence-corrected chi connectivity index (χ2v) is 4.60. The molecule has 1 amide bonds. The molecular formula is C13H15F2NO2. The fourth-order valence-electron chi connectivity index (χ4n) is 2.26. The van der Waals surface area contributed by atoms with Crippen molar-refractivity contribution < 1.29 is 18.7 Å². The number of halogens is 2. The minimum Gasteiger partial charge on any atom is -0.396 e. The fourth-order valence-corrected chi connectivity index (χ4v) is 2.26. The maximum Gasteiger partial charge on any atom is 0.254 e. The molecule has 98 valence electrons. The minimum absolute atomic E-state index is 0.0195. The molecule has 0 radical (unpaired) electrons. The zero-order valence-corrected chi connectivity index (χ0v) is 9.90. The van der Waals surface area contributed by atoms with E-state index >= 15 is 0 Å². The molecule has 0 saturated carbocycles. The largest absolute Gasteiger partial charge is 0.396 e. The Balaban J connectivity index is 2.15. The number of carbonyl (C=O) groups excluding carboxylic acids is 1. The molecule has 0 spiro atoms. The van der Waals surface area contributed by atoms with Crippen molar-refractivity contribution in [3.63, 3.8) is 0 Å². The Kier molecular flexibility index (Phi) is 3.91. The molecular weight excluding hydrogens is 240 g/mol. The summed E-state index contributed by atoms with van der Waals surface area (Å²) in [4.78, 5) is 13.6. The van der Waals surface area contributed by atoms with E-state index in [1.165, 1.54) is 0 Å². The second kappa shape index (κ2) is 5.44. The van der Waals surface area contributed by atoms with E-state index in [4.69, 9.17) is 5.11 Å². The van der Waals surface area contributed by atoms with Gasteiger partial charge in [0.05, 0.1) is 0 Å². The van der Waals surface area contributed by atoms with Crippen molar-refractivity contribution >= 4 is 5.91 Å². The van der Waals surface area contributed by atoms with Crippen molar-refractivity contribution in [1.29, 1.82) is 0 Å². The van der Waals surface area contributed by atoms with E-state index in [-0.39, 0.29) is 24.0 Å². The lowest BCUT2D eigenvalue weighted by atomic mass is 9.98. The standard InChI is InChI=1S/C13H15F2NO2/c14-11-4-10(5-12(15)6-11)13(18)16-3-1-2-9(7-16)8-17/h4-6,9,17H,1-3,7-8H2. The number of nitrogens with zero attached hydrogens (tertiary/aromatic N) is 1. The molecule has 1 unspecified atom stereocenters. The van der Waals surface area contributed by atoms with Crippen molar-refractivity contribution in [3.05, 3.63) is 35.4 Å². The first-order chi connectivity index (χ1) is 8.60. The lowest BCUT2D eigenvalue weighted by molar-refractivity contribution is 0.0619. The Morgan fingerprint density at radius 3 is 2.61 bits per heavy atom. The van der Waals surface area contributed by atoms with Gasteiger partial charge in [-0.2, -0.15) is 0 Å². The van der Waals surface area contributed by atoms with Gasteiger partial charge in [0.15, 0.2) is 0 Å². The Morgan fingerprint density at radius 2 is 2.00 bits per heavy atom. The van der Waals surface area contributed by atoms with Crippen LogP contribution in [0.3, 0.4) is 0 Å². The zero-order chi connectivity index (χ0) is 13.1. The zero-order valence-electron chi connectivity index (χ0n) is 9.90. The van der Waals surface area contributed by atoms with Crippen LogP contribution < -0.4 is 0 Å². The SMILES string of the molecule is O=C(c1cc(F)cc(F)c1)N1CCCC(CO)C1. The van der Waals surface area contributed by atoms with Crippen LogP contribution in [-0.4, -0.2) is 35.6 Å². The first-order valence-electron chi connectivity index (χ1n) is 5.96. The summed E-state index contributed by atoms with van der Waals surface area (Å²) >= 11 is 0. The van der Waals surface area contributed by atoms with Gasteiger partial charge in [-0.25, -0.2) is 8.78 Å². The summed E-state index contributed by atoms with van der Waals surface area (Å²) < 4.78 is 26.1. The summed E-state index contributed by atoms with van der Waals surface area (Å²) in [7, 11) is 0. The number of benzene rings is 1. The van der Waals surface area contributed by atoms with E-state index in [0.29, 0.717) is 13.1 Å². The number of likely N-dealkylation sites (tertiary alicyclic amines) is 1. The lowest BCUT2D eigenvalue weighted by Crippen LogP contribution is -2.41. The molecule has 3 nitrogen and oxygen atoms in total. The monoisotopic (exact) mass is 255 g/mol. The van der Waals surface area contributed by atoms with E-state index in [2.05, 4.69) is 0 Å². The highest BCUT2D eigenvalue weighted by atomic mass is 19.1. The van der Waals surface area contributed by atoms with Crippen LogP contribution in [0.5, 0.6) is 0 Å². The molecule has 0 aromatic heterocycles. The van der Waals surface area contributed by atoms with Crippen molar-refractivity contribution in [1.82, 2.24) is 4.90 Å². The second-order valence-electron chi connectivity index (χ2n) is 4.60. The molecule has 1 saturated heterocycles. The highest BCUT2D eigenvalue weighted by Crippen LogP contribution is 2.19. The maximum atomic E-state index is 13.0.